The summed E-state index contributed by atoms with van der Waals surface area (Å²) in [6, 6.07) is 9.61. The maximum absolute atomic E-state index is 14.0. The van der Waals surface area contributed by atoms with Crippen LogP contribution in [0.25, 0.3) is 0 Å². The molecule has 0 spiro atoms. The molecule has 5 nitrogen and oxygen atoms in total. The molecule has 1 aromatic carbocycles. The average Bonchev–Trinajstić information content (AvgIpc) is 2.58. The van der Waals surface area contributed by atoms with Crippen LogP contribution in [-0.4, -0.2) is 30.0 Å². The van der Waals surface area contributed by atoms with Crippen LogP contribution in [0.3, 0.4) is 0 Å². The van der Waals surface area contributed by atoms with Gasteiger partial charge in [-0.3, -0.25) is 9.59 Å². The molecule has 0 unspecified atom stereocenters. The summed E-state index contributed by atoms with van der Waals surface area (Å²) in [6.07, 6.45) is 1.46. The second-order valence-corrected chi connectivity index (χ2v) is 6.12. The van der Waals surface area contributed by atoms with Gasteiger partial charge < -0.3 is 15.2 Å². The van der Waals surface area contributed by atoms with Gasteiger partial charge in [0.25, 0.3) is 5.91 Å². The first-order chi connectivity index (χ1) is 11.5. The second kappa shape index (κ2) is 6.86. The number of hydrogen-bond acceptors (Lipinski definition) is 3. The molecule has 0 saturated carbocycles. The van der Waals surface area contributed by atoms with E-state index in [4.69, 9.17) is 0 Å². The highest BCUT2D eigenvalue weighted by Crippen LogP contribution is 2.24. The summed E-state index contributed by atoms with van der Waals surface area (Å²) in [4.78, 5) is 28.0. The molecule has 24 heavy (non-hydrogen) atoms. The molecule has 3 rings (SSSR count). The van der Waals surface area contributed by atoms with Gasteiger partial charge in [0.05, 0.1) is 5.69 Å². The molecule has 0 aliphatic carbocycles. The van der Waals surface area contributed by atoms with E-state index in [0.717, 1.165) is 18.4 Å². The van der Waals surface area contributed by atoms with E-state index in [0.29, 0.717) is 18.8 Å². The van der Waals surface area contributed by atoms with E-state index in [1.165, 1.54) is 12.1 Å². The fourth-order valence-electron chi connectivity index (χ4n) is 2.97. The number of piperidine rings is 1. The number of aromatic amines is 1. The van der Waals surface area contributed by atoms with Crippen molar-refractivity contribution in [2.45, 2.75) is 25.8 Å². The number of aryl methyl sites for hydroxylation is 1. The first kappa shape index (κ1) is 16.2. The smallest absolute Gasteiger partial charge is 0.268 e. The number of rotatable bonds is 3. The molecule has 1 aliphatic heterocycles. The number of benzene rings is 1. The lowest BCUT2D eigenvalue weighted by atomic mass is 10.0. The number of H-pyrrole nitrogens is 1. The molecule has 0 bridgehead atoms. The van der Waals surface area contributed by atoms with Crippen molar-refractivity contribution in [1.29, 1.82) is 0 Å². The fourth-order valence-corrected chi connectivity index (χ4v) is 2.97. The van der Waals surface area contributed by atoms with E-state index in [1.807, 2.05) is 17.9 Å². The first-order valence-corrected chi connectivity index (χ1v) is 8.04. The maximum Gasteiger partial charge on any atom is 0.268 e. The lowest BCUT2D eigenvalue weighted by molar-refractivity contribution is 0.0925. The van der Waals surface area contributed by atoms with Gasteiger partial charge in [-0.2, -0.15) is 0 Å². The van der Waals surface area contributed by atoms with Crippen molar-refractivity contribution in [2.75, 3.05) is 18.0 Å². The van der Waals surface area contributed by atoms with Gasteiger partial charge >= 0.3 is 0 Å². The summed E-state index contributed by atoms with van der Waals surface area (Å²) in [5.41, 5.74) is 1.60. The molecule has 0 atom stereocenters. The van der Waals surface area contributed by atoms with Gasteiger partial charge in [-0.1, -0.05) is 12.1 Å². The standard InChI is InChI=1S/C18H20FN3O2/c1-12-5-6-14(19)16(11-12)22-9-7-13(8-10-22)20-18(24)15-3-2-4-17(23)21-15/h2-6,11,13H,7-10H2,1H3,(H,20,24)(H,21,23). The highest BCUT2D eigenvalue weighted by molar-refractivity contribution is 5.92. The van der Waals surface area contributed by atoms with Crippen molar-refractivity contribution in [2.24, 2.45) is 0 Å². The Morgan fingerprint density at radius 3 is 2.71 bits per heavy atom. The normalized spacial score (nSPS) is 15.3. The van der Waals surface area contributed by atoms with Crippen LogP contribution in [0.15, 0.2) is 41.2 Å². The maximum atomic E-state index is 14.0. The largest absolute Gasteiger partial charge is 0.369 e. The zero-order valence-corrected chi connectivity index (χ0v) is 13.5. The SMILES string of the molecule is Cc1ccc(F)c(N2CCC(NC(=O)c3cccc(=O)[nH]3)CC2)c1. The summed E-state index contributed by atoms with van der Waals surface area (Å²) >= 11 is 0. The van der Waals surface area contributed by atoms with Gasteiger partial charge in [0.15, 0.2) is 0 Å². The lowest BCUT2D eigenvalue weighted by Gasteiger charge is -2.34. The van der Waals surface area contributed by atoms with Gasteiger partial charge in [-0.15, -0.1) is 0 Å². The average molecular weight is 329 g/mol. The third-order valence-electron chi connectivity index (χ3n) is 4.29. The zero-order chi connectivity index (χ0) is 17.1. The number of nitrogens with one attached hydrogen (secondary N) is 2. The van der Waals surface area contributed by atoms with Gasteiger partial charge in [0.1, 0.15) is 11.5 Å². The monoisotopic (exact) mass is 329 g/mol. The minimum absolute atomic E-state index is 0.0188. The number of amides is 1. The molecular weight excluding hydrogens is 309 g/mol. The summed E-state index contributed by atoms with van der Waals surface area (Å²) < 4.78 is 14.0. The third-order valence-corrected chi connectivity index (χ3v) is 4.29. The second-order valence-electron chi connectivity index (χ2n) is 6.12. The Labute approximate surface area is 139 Å². The Morgan fingerprint density at radius 2 is 2.00 bits per heavy atom. The molecule has 126 valence electrons. The number of aromatic nitrogens is 1. The van der Waals surface area contributed by atoms with Crippen LogP contribution < -0.4 is 15.8 Å². The van der Waals surface area contributed by atoms with E-state index in [2.05, 4.69) is 10.3 Å². The molecule has 0 radical (unpaired) electrons. The molecule has 1 saturated heterocycles. The van der Waals surface area contributed by atoms with Crippen molar-refractivity contribution in [3.05, 3.63) is 63.8 Å². The predicted molar refractivity (Wildman–Crippen MR) is 90.9 cm³/mol. The Kier molecular flexibility index (Phi) is 4.64. The summed E-state index contributed by atoms with van der Waals surface area (Å²) in [6.45, 7) is 3.30. The molecule has 2 aromatic rings. The molecular formula is C18H20FN3O2. The third kappa shape index (κ3) is 3.64. The Balaban J connectivity index is 1.60. The molecule has 2 heterocycles. The summed E-state index contributed by atoms with van der Waals surface area (Å²) in [5, 5.41) is 2.93. The van der Waals surface area contributed by atoms with Crippen LogP contribution in [0.1, 0.15) is 28.9 Å². The Morgan fingerprint density at radius 1 is 1.25 bits per heavy atom. The minimum Gasteiger partial charge on any atom is -0.369 e. The van der Waals surface area contributed by atoms with E-state index >= 15 is 0 Å². The van der Waals surface area contributed by atoms with Crippen LogP contribution >= 0.6 is 0 Å². The van der Waals surface area contributed by atoms with Crippen molar-refractivity contribution >= 4 is 11.6 Å². The summed E-state index contributed by atoms with van der Waals surface area (Å²) in [7, 11) is 0. The molecule has 2 N–H and O–H groups in total. The highest BCUT2D eigenvalue weighted by Gasteiger charge is 2.23. The van der Waals surface area contributed by atoms with E-state index in [1.54, 1.807) is 18.2 Å². The van der Waals surface area contributed by atoms with Gasteiger partial charge in [0.2, 0.25) is 5.56 Å². The van der Waals surface area contributed by atoms with Crippen molar-refractivity contribution < 1.29 is 9.18 Å². The number of pyridine rings is 1. The molecule has 1 amide bonds. The number of nitrogens with zero attached hydrogens (tertiary/aromatic N) is 1. The number of hydrogen-bond donors (Lipinski definition) is 2. The number of carbonyl (C=O) groups is 1. The van der Waals surface area contributed by atoms with Crippen molar-refractivity contribution in [1.82, 2.24) is 10.3 Å². The molecule has 1 aromatic heterocycles. The highest BCUT2D eigenvalue weighted by atomic mass is 19.1. The summed E-state index contributed by atoms with van der Waals surface area (Å²) in [5.74, 6) is -0.502. The molecule has 1 fully saturated rings. The van der Waals surface area contributed by atoms with Gasteiger partial charge in [0, 0.05) is 25.2 Å². The van der Waals surface area contributed by atoms with Gasteiger partial charge in [-0.25, -0.2) is 4.39 Å². The van der Waals surface area contributed by atoms with Crippen LogP contribution in [-0.2, 0) is 0 Å². The van der Waals surface area contributed by atoms with E-state index < -0.39 is 0 Å². The Hall–Kier alpha value is -2.63. The lowest BCUT2D eigenvalue weighted by Crippen LogP contribution is -2.45. The van der Waals surface area contributed by atoms with Crippen LogP contribution in [0, 0.1) is 12.7 Å². The van der Waals surface area contributed by atoms with Crippen molar-refractivity contribution in [3.63, 3.8) is 0 Å². The van der Waals surface area contributed by atoms with E-state index in [-0.39, 0.29) is 29.0 Å². The molecule has 6 heteroatoms. The number of anilines is 1. The topological polar surface area (TPSA) is 65.2 Å². The van der Waals surface area contributed by atoms with Crippen LogP contribution in [0.5, 0.6) is 0 Å². The number of carbonyl (C=O) groups excluding carboxylic acids is 1. The van der Waals surface area contributed by atoms with Crippen LogP contribution in [0.4, 0.5) is 10.1 Å². The van der Waals surface area contributed by atoms with Crippen LogP contribution in [0.2, 0.25) is 0 Å². The van der Waals surface area contributed by atoms with Gasteiger partial charge in [-0.05, 0) is 43.5 Å². The molecule has 1 aliphatic rings. The first-order valence-electron chi connectivity index (χ1n) is 8.04. The minimum atomic E-state index is -0.299. The predicted octanol–water partition coefficient (Wildman–Crippen LogP) is 2.22. The Bertz CT molecular complexity index is 795. The fraction of sp³-hybridized carbons (Fsp3) is 0.333. The number of halogens is 1. The quantitative estimate of drug-likeness (QED) is 0.907. The van der Waals surface area contributed by atoms with Crippen molar-refractivity contribution in [3.8, 4) is 0 Å². The van der Waals surface area contributed by atoms with E-state index in [9.17, 15) is 14.0 Å². The zero-order valence-electron chi connectivity index (χ0n) is 13.5.